The molecule has 1 atom stereocenters. The molecule has 0 bridgehead atoms. The van der Waals surface area contributed by atoms with E-state index in [1.807, 2.05) is 30.3 Å². The third-order valence-electron chi connectivity index (χ3n) is 3.61. The van der Waals surface area contributed by atoms with Crippen LogP contribution in [0.15, 0.2) is 42.5 Å². The number of carbonyl (C=O) groups excluding carboxylic acids is 1. The van der Waals surface area contributed by atoms with Crippen LogP contribution in [-0.4, -0.2) is 31.8 Å². The number of hydrogen-bond acceptors (Lipinski definition) is 3. The van der Waals surface area contributed by atoms with Crippen LogP contribution in [0.2, 0.25) is 0 Å². The van der Waals surface area contributed by atoms with E-state index in [9.17, 15) is 4.79 Å². The molecule has 0 spiro atoms. The van der Waals surface area contributed by atoms with E-state index in [4.69, 9.17) is 9.47 Å². The Morgan fingerprint density at radius 1 is 1.24 bits per heavy atom. The highest BCUT2D eigenvalue weighted by atomic mass is 16.5. The van der Waals surface area contributed by atoms with Crippen LogP contribution in [-0.2, 0) is 9.53 Å². The average Bonchev–Trinajstić information content (AvgIpc) is 3.06. The minimum absolute atomic E-state index is 0.0328. The molecule has 0 unspecified atom stereocenters. The lowest BCUT2D eigenvalue weighted by molar-refractivity contribution is -0.130. The maximum absolute atomic E-state index is 11.7. The third kappa shape index (κ3) is 3.52. The molecule has 1 N–H and O–H groups in total. The Morgan fingerprint density at radius 2 is 2.10 bits per heavy atom. The van der Waals surface area contributed by atoms with Crippen molar-refractivity contribution in [2.24, 2.45) is 0 Å². The minimum Gasteiger partial charge on any atom is -0.492 e. The van der Waals surface area contributed by atoms with Crippen LogP contribution < -0.4 is 10.1 Å². The quantitative estimate of drug-likeness (QED) is 0.859. The first-order valence-corrected chi connectivity index (χ1v) is 7.34. The minimum atomic E-state index is -0.273. The van der Waals surface area contributed by atoms with E-state index in [0.717, 1.165) is 24.0 Å². The molecule has 4 nitrogen and oxygen atoms in total. The summed E-state index contributed by atoms with van der Waals surface area (Å²) in [5, 5.41) is 5.19. The van der Waals surface area contributed by atoms with Crippen LogP contribution in [0.3, 0.4) is 0 Å². The molecule has 1 aliphatic heterocycles. The fourth-order valence-corrected chi connectivity index (χ4v) is 2.50. The van der Waals surface area contributed by atoms with Crippen molar-refractivity contribution in [3.63, 3.8) is 0 Å². The van der Waals surface area contributed by atoms with E-state index >= 15 is 0 Å². The van der Waals surface area contributed by atoms with Gasteiger partial charge in [-0.3, -0.25) is 4.79 Å². The van der Waals surface area contributed by atoms with Gasteiger partial charge in [-0.05, 0) is 35.7 Å². The first kappa shape index (κ1) is 13.9. The highest BCUT2D eigenvalue weighted by molar-refractivity contribution is 5.83. The Balaban J connectivity index is 1.46. The first-order valence-electron chi connectivity index (χ1n) is 7.34. The van der Waals surface area contributed by atoms with Crippen LogP contribution in [0.5, 0.6) is 5.75 Å². The molecular formula is C17H19NO3. The predicted octanol–water partition coefficient (Wildman–Crippen LogP) is 2.51. The summed E-state index contributed by atoms with van der Waals surface area (Å²) >= 11 is 0. The molecule has 4 heteroatoms. The SMILES string of the molecule is O=C(NCCOc1ccc2ccccc2c1)[C@@H]1CCCO1. The maximum atomic E-state index is 11.7. The Bertz CT molecular complexity index is 620. The van der Waals surface area contributed by atoms with Gasteiger partial charge in [0.1, 0.15) is 18.5 Å². The fourth-order valence-electron chi connectivity index (χ4n) is 2.50. The van der Waals surface area contributed by atoms with Gasteiger partial charge in [-0.15, -0.1) is 0 Å². The van der Waals surface area contributed by atoms with Gasteiger partial charge >= 0.3 is 0 Å². The number of hydrogen-bond donors (Lipinski definition) is 1. The van der Waals surface area contributed by atoms with E-state index in [-0.39, 0.29) is 12.0 Å². The second-order valence-electron chi connectivity index (χ2n) is 5.15. The van der Waals surface area contributed by atoms with Crippen molar-refractivity contribution in [2.75, 3.05) is 19.8 Å². The lowest BCUT2D eigenvalue weighted by Crippen LogP contribution is -2.36. The highest BCUT2D eigenvalue weighted by Crippen LogP contribution is 2.20. The Hall–Kier alpha value is -2.07. The average molecular weight is 285 g/mol. The molecule has 2 aromatic carbocycles. The summed E-state index contributed by atoms with van der Waals surface area (Å²) in [6, 6.07) is 14.1. The Morgan fingerprint density at radius 3 is 2.90 bits per heavy atom. The summed E-state index contributed by atoms with van der Waals surface area (Å²) in [6.07, 6.45) is 1.51. The number of fused-ring (bicyclic) bond motifs is 1. The zero-order valence-corrected chi connectivity index (χ0v) is 11.9. The van der Waals surface area contributed by atoms with Crippen molar-refractivity contribution >= 4 is 16.7 Å². The van der Waals surface area contributed by atoms with Gasteiger partial charge in [-0.1, -0.05) is 30.3 Å². The smallest absolute Gasteiger partial charge is 0.249 e. The maximum Gasteiger partial charge on any atom is 0.249 e. The lowest BCUT2D eigenvalue weighted by atomic mass is 10.1. The van der Waals surface area contributed by atoms with Gasteiger partial charge in [0.25, 0.3) is 0 Å². The van der Waals surface area contributed by atoms with Gasteiger partial charge in [0.2, 0.25) is 5.91 Å². The standard InChI is InChI=1S/C17H19NO3/c19-17(16-6-3-10-21-16)18-9-11-20-15-8-7-13-4-1-2-5-14(13)12-15/h1-2,4-5,7-8,12,16H,3,6,9-11H2,(H,18,19)/t16-/m0/s1. The predicted molar refractivity (Wildman–Crippen MR) is 81.4 cm³/mol. The summed E-state index contributed by atoms with van der Waals surface area (Å²) < 4.78 is 11.0. The van der Waals surface area contributed by atoms with Crippen LogP contribution in [0.4, 0.5) is 0 Å². The third-order valence-corrected chi connectivity index (χ3v) is 3.61. The number of rotatable bonds is 5. The van der Waals surface area contributed by atoms with Crippen LogP contribution in [0.25, 0.3) is 10.8 Å². The summed E-state index contributed by atoms with van der Waals surface area (Å²) in [4.78, 5) is 11.7. The zero-order valence-electron chi connectivity index (χ0n) is 11.9. The lowest BCUT2D eigenvalue weighted by Gasteiger charge is -2.11. The van der Waals surface area contributed by atoms with Gasteiger partial charge in [-0.2, -0.15) is 0 Å². The molecule has 0 aliphatic carbocycles. The number of amides is 1. The second kappa shape index (κ2) is 6.59. The molecule has 3 rings (SSSR count). The summed E-state index contributed by atoms with van der Waals surface area (Å²) in [5.74, 6) is 0.787. The van der Waals surface area contributed by atoms with Crippen LogP contribution in [0.1, 0.15) is 12.8 Å². The van der Waals surface area contributed by atoms with E-state index in [2.05, 4.69) is 17.4 Å². The molecule has 1 aliphatic rings. The van der Waals surface area contributed by atoms with Crippen LogP contribution >= 0.6 is 0 Å². The number of benzene rings is 2. The molecule has 110 valence electrons. The molecule has 0 saturated carbocycles. The molecule has 2 aromatic rings. The molecule has 1 amide bonds. The van der Waals surface area contributed by atoms with E-state index in [0.29, 0.717) is 19.8 Å². The monoisotopic (exact) mass is 285 g/mol. The number of nitrogens with one attached hydrogen (secondary N) is 1. The molecule has 1 saturated heterocycles. The number of carbonyl (C=O) groups is 1. The zero-order chi connectivity index (χ0) is 14.5. The van der Waals surface area contributed by atoms with E-state index in [1.165, 1.54) is 5.39 Å². The highest BCUT2D eigenvalue weighted by Gasteiger charge is 2.22. The fraction of sp³-hybridized carbons (Fsp3) is 0.353. The molecule has 21 heavy (non-hydrogen) atoms. The molecule has 1 heterocycles. The summed E-state index contributed by atoms with van der Waals surface area (Å²) in [5.41, 5.74) is 0. The summed E-state index contributed by atoms with van der Waals surface area (Å²) in [6.45, 7) is 1.63. The second-order valence-corrected chi connectivity index (χ2v) is 5.15. The normalized spacial score (nSPS) is 17.8. The van der Waals surface area contributed by atoms with Crippen molar-refractivity contribution in [2.45, 2.75) is 18.9 Å². The molecule has 1 fully saturated rings. The van der Waals surface area contributed by atoms with E-state index < -0.39 is 0 Å². The summed E-state index contributed by atoms with van der Waals surface area (Å²) in [7, 11) is 0. The number of ether oxygens (including phenoxy) is 2. The first-order chi connectivity index (χ1) is 10.3. The van der Waals surface area contributed by atoms with Gasteiger partial charge in [0, 0.05) is 6.61 Å². The van der Waals surface area contributed by atoms with Crippen molar-refractivity contribution in [1.82, 2.24) is 5.32 Å². The van der Waals surface area contributed by atoms with Gasteiger partial charge < -0.3 is 14.8 Å². The molecule has 0 aromatic heterocycles. The van der Waals surface area contributed by atoms with Gasteiger partial charge in [0.15, 0.2) is 0 Å². The van der Waals surface area contributed by atoms with Crippen LogP contribution in [0, 0.1) is 0 Å². The molecule has 0 radical (unpaired) electrons. The van der Waals surface area contributed by atoms with Gasteiger partial charge in [-0.25, -0.2) is 0 Å². The van der Waals surface area contributed by atoms with E-state index in [1.54, 1.807) is 0 Å². The topological polar surface area (TPSA) is 47.6 Å². The molecular weight excluding hydrogens is 266 g/mol. The largest absolute Gasteiger partial charge is 0.492 e. The van der Waals surface area contributed by atoms with Crippen molar-refractivity contribution in [1.29, 1.82) is 0 Å². The Labute approximate surface area is 124 Å². The van der Waals surface area contributed by atoms with Gasteiger partial charge in [0.05, 0.1) is 6.54 Å². The van der Waals surface area contributed by atoms with Crippen molar-refractivity contribution in [3.05, 3.63) is 42.5 Å². The van der Waals surface area contributed by atoms with Crippen molar-refractivity contribution in [3.8, 4) is 5.75 Å². The van der Waals surface area contributed by atoms with Crippen molar-refractivity contribution < 1.29 is 14.3 Å². The Kier molecular flexibility index (Phi) is 4.36.